The second kappa shape index (κ2) is 10.5. The van der Waals surface area contributed by atoms with Crippen LogP contribution in [0.3, 0.4) is 0 Å². The molecule has 3 N–H and O–H groups in total. The number of ether oxygens (including phenoxy) is 1. The van der Waals surface area contributed by atoms with Gasteiger partial charge in [0.1, 0.15) is 5.75 Å². The highest BCUT2D eigenvalue weighted by Gasteiger charge is 2.19. The predicted molar refractivity (Wildman–Crippen MR) is 114 cm³/mol. The van der Waals surface area contributed by atoms with Gasteiger partial charge in [0, 0.05) is 30.1 Å². The van der Waals surface area contributed by atoms with Crippen molar-refractivity contribution in [2.75, 3.05) is 25.6 Å². The first-order valence-corrected chi connectivity index (χ1v) is 9.62. The average Bonchev–Trinajstić information content (AvgIpc) is 2.62. The minimum atomic E-state index is -0.00642. The number of nitrogens with two attached hydrogens (primary N) is 1. The van der Waals surface area contributed by atoms with Crippen LogP contribution < -0.4 is 15.9 Å². The van der Waals surface area contributed by atoms with E-state index >= 15 is 0 Å². The summed E-state index contributed by atoms with van der Waals surface area (Å²) < 4.78 is 5.22. The molecule has 0 fully saturated rings. The van der Waals surface area contributed by atoms with Crippen molar-refractivity contribution in [3.63, 3.8) is 0 Å². The first kappa shape index (κ1) is 20.6. The van der Waals surface area contributed by atoms with E-state index in [-0.39, 0.29) is 11.3 Å². The third kappa shape index (κ3) is 6.90. The number of thiol groups is 1. The molecule has 1 unspecified atom stereocenters. The number of nitrogens with one attached hydrogen (secondary N) is 1. The van der Waals surface area contributed by atoms with Crippen molar-refractivity contribution in [2.45, 2.75) is 31.6 Å². The number of methoxy groups -OCH3 is 1. The van der Waals surface area contributed by atoms with E-state index in [1.54, 1.807) is 7.11 Å². The molecule has 0 heterocycles. The van der Waals surface area contributed by atoms with Crippen molar-refractivity contribution in [1.82, 2.24) is 5.01 Å². The normalized spacial score (nSPS) is 13.7. The Labute approximate surface area is 163 Å². The molecule has 5 heteroatoms. The standard InChI is InChI=1S/C21H31N3OS/c1-16(2)14-24(23-18-9-11-19(25-3)12-10-18)15-21(26)20(22)13-17-7-5-4-6-8-17/h4-12,16,20-21,23,26H,13-15,22H2,1-3H3/t20-,21?/m0/s1. The molecule has 142 valence electrons. The van der Waals surface area contributed by atoms with Gasteiger partial charge in [-0.1, -0.05) is 44.2 Å². The number of benzene rings is 2. The van der Waals surface area contributed by atoms with E-state index in [1.165, 1.54) is 5.56 Å². The Hall–Kier alpha value is -1.69. The Morgan fingerprint density at radius 3 is 2.27 bits per heavy atom. The summed E-state index contributed by atoms with van der Waals surface area (Å²) in [5.74, 6) is 1.38. The van der Waals surface area contributed by atoms with Crippen molar-refractivity contribution < 1.29 is 4.74 Å². The van der Waals surface area contributed by atoms with Crippen molar-refractivity contribution in [2.24, 2.45) is 11.7 Å². The van der Waals surface area contributed by atoms with Crippen molar-refractivity contribution >= 4 is 18.3 Å². The average molecular weight is 374 g/mol. The number of hydrazine groups is 1. The van der Waals surface area contributed by atoms with Gasteiger partial charge in [0.05, 0.1) is 7.11 Å². The molecule has 2 rings (SSSR count). The Balaban J connectivity index is 1.96. The molecule has 2 aromatic rings. The summed E-state index contributed by atoms with van der Waals surface area (Å²) >= 11 is 4.79. The SMILES string of the molecule is COc1ccc(NN(CC(C)C)CC(S)[C@@H](N)Cc2ccccc2)cc1. The fourth-order valence-corrected chi connectivity index (χ4v) is 3.14. The predicted octanol–water partition coefficient (Wildman–Crippen LogP) is 3.85. The molecule has 2 atom stereocenters. The highest BCUT2D eigenvalue weighted by molar-refractivity contribution is 7.81. The van der Waals surface area contributed by atoms with Gasteiger partial charge in [-0.2, -0.15) is 12.6 Å². The van der Waals surface area contributed by atoms with E-state index in [9.17, 15) is 0 Å². The van der Waals surface area contributed by atoms with E-state index in [0.29, 0.717) is 5.92 Å². The van der Waals surface area contributed by atoms with Crippen LogP contribution in [0, 0.1) is 5.92 Å². The molecule has 0 saturated carbocycles. The maximum Gasteiger partial charge on any atom is 0.119 e. The van der Waals surface area contributed by atoms with Crippen LogP contribution in [0.2, 0.25) is 0 Å². The lowest BCUT2D eigenvalue weighted by Crippen LogP contribution is -2.45. The monoisotopic (exact) mass is 373 g/mol. The van der Waals surface area contributed by atoms with Gasteiger partial charge < -0.3 is 15.9 Å². The van der Waals surface area contributed by atoms with Gasteiger partial charge in [-0.15, -0.1) is 0 Å². The Morgan fingerprint density at radius 2 is 1.69 bits per heavy atom. The molecule has 26 heavy (non-hydrogen) atoms. The molecule has 0 aliphatic rings. The molecule has 0 aliphatic carbocycles. The van der Waals surface area contributed by atoms with Gasteiger partial charge >= 0.3 is 0 Å². The zero-order chi connectivity index (χ0) is 18.9. The Kier molecular flexibility index (Phi) is 8.29. The van der Waals surface area contributed by atoms with E-state index in [0.717, 1.165) is 30.9 Å². The van der Waals surface area contributed by atoms with Crippen molar-refractivity contribution in [3.05, 3.63) is 60.2 Å². The van der Waals surface area contributed by atoms with Crippen molar-refractivity contribution in [1.29, 1.82) is 0 Å². The summed E-state index contributed by atoms with van der Waals surface area (Å²) in [6, 6.07) is 18.3. The quantitative estimate of drug-likeness (QED) is 0.437. The molecular formula is C21H31N3OS. The minimum Gasteiger partial charge on any atom is -0.497 e. The molecule has 0 bridgehead atoms. The maximum atomic E-state index is 6.41. The molecule has 2 aromatic carbocycles. The number of anilines is 1. The Morgan fingerprint density at radius 1 is 1.04 bits per heavy atom. The van der Waals surface area contributed by atoms with Gasteiger partial charge in [-0.05, 0) is 42.2 Å². The van der Waals surface area contributed by atoms with Crippen LogP contribution >= 0.6 is 12.6 Å². The zero-order valence-corrected chi connectivity index (χ0v) is 16.8. The topological polar surface area (TPSA) is 50.5 Å². The van der Waals surface area contributed by atoms with E-state index < -0.39 is 0 Å². The largest absolute Gasteiger partial charge is 0.497 e. The smallest absolute Gasteiger partial charge is 0.119 e. The van der Waals surface area contributed by atoms with Gasteiger partial charge in [0.25, 0.3) is 0 Å². The van der Waals surface area contributed by atoms with Crippen LogP contribution in [0.15, 0.2) is 54.6 Å². The van der Waals surface area contributed by atoms with Crippen LogP contribution in [0.4, 0.5) is 5.69 Å². The van der Waals surface area contributed by atoms with Gasteiger partial charge in [0.15, 0.2) is 0 Å². The van der Waals surface area contributed by atoms with Crippen LogP contribution in [0.25, 0.3) is 0 Å². The Bertz CT molecular complexity index is 633. The summed E-state index contributed by atoms with van der Waals surface area (Å²) in [6.07, 6.45) is 0.826. The van der Waals surface area contributed by atoms with E-state index in [2.05, 4.69) is 36.4 Å². The van der Waals surface area contributed by atoms with Crippen LogP contribution in [0.5, 0.6) is 5.75 Å². The minimum absolute atomic E-state index is 0.00642. The molecule has 0 radical (unpaired) electrons. The lowest BCUT2D eigenvalue weighted by atomic mass is 10.0. The summed E-state index contributed by atoms with van der Waals surface area (Å²) in [5.41, 5.74) is 12.2. The second-order valence-electron chi connectivity index (χ2n) is 7.06. The third-order valence-corrected chi connectivity index (χ3v) is 4.72. The van der Waals surface area contributed by atoms with E-state index in [1.807, 2.05) is 42.5 Å². The lowest BCUT2D eigenvalue weighted by Gasteiger charge is -2.30. The lowest BCUT2D eigenvalue weighted by molar-refractivity contribution is 0.284. The fraction of sp³-hybridized carbons (Fsp3) is 0.429. The fourth-order valence-electron chi connectivity index (χ4n) is 2.84. The van der Waals surface area contributed by atoms with Crippen molar-refractivity contribution in [3.8, 4) is 5.75 Å². The summed E-state index contributed by atoms with van der Waals surface area (Å²) in [4.78, 5) is 0. The first-order valence-electron chi connectivity index (χ1n) is 9.11. The number of hydrogen-bond acceptors (Lipinski definition) is 5. The van der Waals surface area contributed by atoms with Crippen LogP contribution in [-0.4, -0.2) is 36.5 Å². The molecule has 0 aromatic heterocycles. The first-order chi connectivity index (χ1) is 12.5. The molecule has 0 spiro atoms. The molecular weight excluding hydrogens is 342 g/mol. The highest BCUT2D eigenvalue weighted by atomic mass is 32.1. The molecule has 4 nitrogen and oxygen atoms in total. The molecule has 0 aliphatic heterocycles. The van der Waals surface area contributed by atoms with Gasteiger partial charge in [0.2, 0.25) is 0 Å². The third-order valence-electron chi connectivity index (χ3n) is 4.18. The van der Waals surface area contributed by atoms with Crippen LogP contribution in [0.1, 0.15) is 19.4 Å². The molecule has 0 amide bonds. The summed E-state index contributed by atoms with van der Waals surface area (Å²) in [5, 5.41) is 2.27. The summed E-state index contributed by atoms with van der Waals surface area (Å²) in [7, 11) is 1.67. The maximum absolute atomic E-state index is 6.41. The number of nitrogens with zero attached hydrogens (tertiary/aromatic N) is 1. The van der Waals surface area contributed by atoms with Gasteiger partial charge in [-0.3, -0.25) is 0 Å². The number of rotatable bonds is 10. The second-order valence-corrected chi connectivity index (χ2v) is 7.72. The molecule has 0 saturated heterocycles. The zero-order valence-electron chi connectivity index (χ0n) is 15.9. The highest BCUT2D eigenvalue weighted by Crippen LogP contribution is 2.17. The number of hydrogen-bond donors (Lipinski definition) is 3. The van der Waals surface area contributed by atoms with Gasteiger partial charge in [-0.25, -0.2) is 5.01 Å². The summed E-state index contributed by atoms with van der Waals surface area (Å²) in [6.45, 7) is 6.10. The van der Waals surface area contributed by atoms with E-state index in [4.69, 9.17) is 23.1 Å². The van der Waals surface area contributed by atoms with Crippen LogP contribution in [-0.2, 0) is 6.42 Å².